The van der Waals surface area contributed by atoms with E-state index in [-0.39, 0.29) is 5.91 Å². The van der Waals surface area contributed by atoms with Gasteiger partial charge in [-0.25, -0.2) is 0 Å². The van der Waals surface area contributed by atoms with Crippen molar-refractivity contribution in [3.63, 3.8) is 0 Å². The highest BCUT2D eigenvalue weighted by atomic mass is 35.5. The average Bonchev–Trinajstić information content (AvgIpc) is 2.97. The van der Waals surface area contributed by atoms with Gasteiger partial charge in [-0.15, -0.1) is 0 Å². The fraction of sp³-hybridized carbons (Fsp3) is 0.467. The van der Waals surface area contributed by atoms with Crippen molar-refractivity contribution in [2.75, 3.05) is 19.7 Å². The molecule has 108 valence electrons. The highest BCUT2D eigenvalue weighted by Gasteiger charge is 2.20. The molecule has 0 radical (unpaired) electrons. The van der Waals surface area contributed by atoms with Crippen molar-refractivity contribution in [2.45, 2.75) is 26.2 Å². The third kappa shape index (κ3) is 3.73. The molecular formula is C15H19ClN2O2. The largest absolute Gasteiger partial charge is 0.465 e. The van der Waals surface area contributed by atoms with Crippen LogP contribution in [-0.2, 0) is 4.74 Å². The minimum Gasteiger partial charge on any atom is -0.465 e. The number of benzene rings is 1. The number of hydrogen-bond acceptors (Lipinski definition) is 2. The second-order valence-electron chi connectivity index (χ2n) is 4.72. The number of amidine groups is 1. The molecule has 1 heterocycles. The molecule has 2 rings (SSSR count). The third-order valence-electron chi connectivity index (χ3n) is 3.11. The van der Waals surface area contributed by atoms with Crippen LogP contribution in [0.2, 0.25) is 5.02 Å². The van der Waals surface area contributed by atoms with E-state index in [1.807, 2.05) is 11.8 Å². The van der Waals surface area contributed by atoms with E-state index in [2.05, 4.69) is 4.99 Å². The summed E-state index contributed by atoms with van der Waals surface area (Å²) in [6.07, 6.45) is 3.09. The molecule has 4 nitrogen and oxygen atoms in total. The number of hydrogen-bond donors (Lipinski definition) is 0. The molecule has 0 atom stereocenters. The Labute approximate surface area is 124 Å². The Balaban J connectivity index is 2.18. The Morgan fingerprint density at radius 1 is 1.35 bits per heavy atom. The van der Waals surface area contributed by atoms with Gasteiger partial charge in [0.2, 0.25) is 0 Å². The second kappa shape index (κ2) is 7.29. The summed E-state index contributed by atoms with van der Waals surface area (Å²) in [4.78, 5) is 18.4. The van der Waals surface area contributed by atoms with Crippen LogP contribution in [0.25, 0.3) is 0 Å². The van der Waals surface area contributed by atoms with E-state index in [0.717, 1.165) is 32.4 Å². The van der Waals surface area contributed by atoms with Gasteiger partial charge < -0.3 is 9.64 Å². The van der Waals surface area contributed by atoms with Crippen molar-refractivity contribution < 1.29 is 9.53 Å². The summed E-state index contributed by atoms with van der Waals surface area (Å²) in [7, 11) is 0. The summed E-state index contributed by atoms with van der Waals surface area (Å²) in [5, 5.41) is 0.414. The number of nitrogens with zero attached hydrogens (tertiary/aromatic N) is 2. The number of amides is 1. The zero-order valence-corrected chi connectivity index (χ0v) is 12.4. The first-order valence-corrected chi connectivity index (χ1v) is 7.35. The Kier molecular flexibility index (Phi) is 5.41. The summed E-state index contributed by atoms with van der Waals surface area (Å²) in [6.45, 7) is 4.36. The van der Waals surface area contributed by atoms with Gasteiger partial charge in [0.25, 0.3) is 11.9 Å². The van der Waals surface area contributed by atoms with Gasteiger partial charge in [-0.3, -0.25) is 4.79 Å². The Hall–Kier alpha value is -1.55. The van der Waals surface area contributed by atoms with Gasteiger partial charge in [0.05, 0.1) is 17.2 Å². The van der Waals surface area contributed by atoms with Crippen molar-refractivity contribution in [2.24, 2.45) is 4.99 Å². The van der Waals surface area contributed by atoms with Crippen LogP contribution in [0, 0.1) is 0 Å². The number of carbonyl (C=O) groups excluding carboxylic acids is 1. The molecule has 0 spiro atoms. The molecule has 20 heavy (non-hydrogen) atoms. The van der Waals surface area contributed by atoms with E-state index in [0.29, 0.717) is 23.2 Å². The Bertz CT molecular complexity index is 496. The third-order valence-corrected chi connectivity index (χ3v) is 3.44. The topological polar surface area (TPSA) is 41.9 Å². The summed E-state index contributed by atoms with van der Waals surface area (Å²) in [5.74, 6) is -0.353. The van der Waals surface area contributed by atoms with Crippen LogP contribution >= 0.6 is 11.6 Å². The minimum absolute atomic E-state index is 0.353. The number of ether oxygens (including phenoxy) is 1. The Morgan fingerprint density at radius 3 is 2.70 bits per heavy atom. The molecule has 1 fully saturated rings. The molecule has 0 N–H and O–H groups in total. The van der Waals surface area contributed by atoms with Crippen LogP contribution in [0.1, 0.15) is 36.5 Å². The number of aliphatic imine (C=N–C) groups is 1. The van der Waals surface area contributed by atoms with Crippen molar-refractivity contribution in [3.05, 3.63) is 34.9 Å². The lowest BCUT2D eigenvalue weighted by Crippen LogP contribution is -2.31. The first kappa shape index (κ1) is 14.9. The van der Waals surface area contributed by atoms with Gasteiger partial charge in [-0.2, -0.15) is 4.99 Å². The van der Waals surface area contributed by atoms with Crippen molar-refractivity contribution in [3.8, 4) is 0 Å². The second-order valence-corrected chi connectivity index (χ2v) is 5.13. The van der Waals surface area contributed by atoms with Crippen LogP contribution in [0.4, 0.5) is 0 Å². The fourth-order valence-electron chi connectivity index (χ4n) is 2.08. The highest BCUT2D eigenvalue weighted by Crippen LogP contribution is 2.17. The molecule has 1 aromatic carbocycles. The molecule has 0 saturated carbocycles. The van der Waals surface area contributed by atoms with Crippen molar-refractivity contribution in [1.82, 2.24) is 4.90 Å². The molecule has 1 aromatic rings. The summed E-state index contributed by atoms with van der Waals surface area (Å²) < 4.78 is 5.62. The summed E-state index contributed by atoms with van der Waals surface area (Å²) in [6, 6.07) is 7.35. The fourth-order valence-corrected chi connectivity index (χ4v) is 2.29. The van der Waals surface area contributed by atoms with E-state index >= 15 is 0 Å². The molecular weight excluding hydrogens is 276 g/mol. The number of rotatable bonds is 3. The standard InChI is InChI=1S/C15H19ClN2O2/c1-2-11-20-15(18-9-5-6-10-18)17-14(19)12-7-3-4-8-13(12)16/h3-4,7-8H,2,5-6,9-11H2,1H3. The van der Waals surface area contributed by atoms with Crippen LogP contribution < -0.4 is 0 Å². The maximum Gasteiger partial charge on any atom is 0.295 e. The molecule has 1 saturated heterocycles. The average molecular weight is 295 g/mol. The smallest absolute Gasteiger partial charge is 0.295 e. The quantitative estimate of drug-likeness (QED) is 0.634. The van der Waals surface area contributed by atoms with Gasteiger partial charge in [-0.05, 0) is 31.4 Å². The van der Waals surface area contributed by atoms with E-state index < -0.39 is 0 Å². The lowest BCUT2D eigenvalue weighted by Gasteiger charge is -2.19. The van der Waals surface area contributed by atoms with Crippen molar-refractivity contribution in [1.29, 1.82) is 0 Å². The lowest BCUT2D eigenvalue weighted by molar-refractivity contribution is 0.0994. The van der Waals surface area contributed by atoms with Crippen LogP contribution in [0.15, 0.2) is 29.3 Å². The molecule has 0 aromatic heterocycles. The zero-order chi connectivity index (χ0) is 14.4. The molecule has 0 aliphatic carbocycles. The molecule has 0 unspecified atom stereocenters. The number of likely N-dealkylation sites (tertiary alicyclic amines) is 1. The van der Waals surface area contributed by atoms with Gasteiger partial charge in [0.1, 0.15) is 0 Å². The predicted octanol–water partition coefficient (Wildman–Crippen LogP) is 3.36. The van der Waals surface area contributed by atoms with Gasteiger partial charge in [0, 0.05) is 13.1 Å². The monoisotopic (exact) mass is 294 g/mol. The van der Waals surface area contributed by atoms with Crippen LogP contribution in [-0.4, -0.2) is 36.5 Å². The summed E-state index contributed by atoms with van der Waals surface area (Å²) in [5.41, 5.74) is 0.408. The Morgan fingerprint density at radius 2 is 2.05 bits per heavy atom. The van der Waals surface area contributed by atoms with Gasteiger partial charge in [-0.1, -0.05) is 30.7 Å². The van der Waals surface area contributed by atoms with E-state index in [1.165, 1.54) is 0 Å². The predicted molar refractivity (Wildman–Crippen MR) is 80.3 cm³/mol. The van der Waals surface area contributed by atoms with Crippen LogP contribution in [0.5, 0.6) is 0 Å². The first-order chi connectivity index (χ1) is 9.72. The lowest BCUT2D eigenvalue weighted by atomic mass is 10.2. The highest BCUT2D eigenvalue weighted by molar-refractivity contribution is 6.34. The maximum atomic E-state index is 12.2. The van der Waals surface area contributed by atoms with E-state index in [1.54, 1.807) is 24.3 Å². The van der Waals surface area contributed by atoms with Crippen LogP contribution in [0.3, 0.4) is 0 Å². The maximum absolute atomic E-state index is 12.2. The van der Waals surface area contributed by atoms with Gasteiger partial charge >= 0.3 is 0 Å². The van der Waals surface area contributed by atoms with Crippen molar-refractivity contribution >= 4 is 23.5 Å². The number of carbonyl (C=O) groups is 1. The zero-order valence-electron chi connectivity index (χ0n) is 11.6. The molecule has 0 bridgehead atoms. The van der Waals surface area contributed by atoms with E-state index in [4.69, 9.17) is 16.3 Å². The normalized spacial score (nSPS) is 15.5. The summed E-state index contributed by atoms with van der Waals surface area (Å²) >= 11 is 6.02. The molecule has 1 aliphatic heterocycles. The number of halogens is 1. The molecule has 1 aliphatic rings. The minimum atomic E-state index is -0.353. The van der Waals surface area contributed by atoms with Gasteiger partial charge in [0.15, 0.2) is 0 Å². The SMILES string of the molecule is CCCOC(=NC(=O)c1ccccc1Cl)N1CCCC1. The molecule has 5 heteroatoms. The molecule has 1 amide bonds. The first-order valence-electron chi connectivity index (χ1n) is 6.97. The van der Waals surface area contributed by atoms with E-state index in [9.17, 15) is 4.79 Å².